The first kappa shape index (κ1) is 22.3. The first-order chi connectivity index (χ1) is 16.4. The maximum Gasteiger partial charge on any atom is 0.115 e. The molecule has 2 unspecified atom stereocenters. The normalized spacial score (nSPS) is 20.0. The third-order valence-electron chi connectivity index (χ3n) is 6.80. The van der Waals surface area contributed by atoms with E-state index in [1.165, 1.54) is 5.56 Å². The molecule has 1 heterocycles. The number of hydrogen-bond donors (Lipinski definition) is 1. The first-order valence-corrected chi connectivity index (χ1v) is 12.0. The van der Waals surface area contributed by atoms with Gasteiger partial charge in [0.2, 0.25) is 0 Å². The molecule has 5 rings (SSSR count). The van der Waals surface area contributed by atoms with E-state index in [2.05, 4.69) is 70.2 Å². The maximum absolute atomic E-state index is 12.0. The molecule has 0 amide bonds. The monoisotopic (exact) mass is 449 g/mol. The van der Waals surface area contributed by atoms with Crippen LogP contribution in [0.15, 0.2) is 91.0 Å². The van der Waals surface area contributed by atoms with Crippen LogP contribution >= 0.6 is 0 Å². The molecule has 0 spiro atoms. The van der Waals surface area contributed by atoms with Gasteiger partial charge < -0.3 is 5.11 Å². The summed E-state index contributed by atoms with van der Waals surface area (Å²) in [7, 11) is 0. The second-order valence-corrected chi connectivity index (χ2v) is 9.83. The highest BCUT2D eigenvalue weighted by atomic mass is 16.3. The van der Waals surface area contributed by atoms with Gasteiger partial charge >= 0.3 is 0 Å². The molecule has 1 aromatic heterocycles. The molecule has 2 atom stereocenters. The Kier molecular flexibility index (Phi) is 5.70. The van der Waals surface area contributed by atoms with E-state index >= 15 is 0 Å². The van der Waals surface area contributed by atoms with Gasteiger partial charge in [-0.3, -0.25) is 0 Å². The summed E-state index contributed by atoms with van der Waals surface area (Å²) in [6.45, 7) is 8.73. The Bertz CT molecular complexity index is 1360. The van der Waals surface area contributed by atoms with E-state index in [0.29, 0.717) is 5.92 Å². The van der Waals surface area contributed by atoms with E-state index < -0.39 is 5.60 Å². The van der Waals surface area contributed by atoms with Crippen molar-refractivity contribution in [2.75, 3.05) is 0 Å². The van der Waals surface area contributed by atoms with Gasteiger partial charge in [0.15, 0.2) is 0 Å². The molecule has 1 N–H and O–H groups in total. The zero-order valence-corrected chi connectivity index (χ0v) is 20.2. The van der Waals surface area contributed by atoms with Gasteiger partial charge in [0.05, 0.1) is 5.69 Å². The third kappa shape index (κ3) is 3.88. The number of aromatic nitrogens is 3. The average molecular weight is 450 g/mol. The number of hydrogen-bond acceptors (Lipinski definition) is 3. The fourth-order valence-electron chi connectivity index (χ4n) is 5.01. The number of rotatable bonds is 5. The Morgan fingerprint density at radius 3 is 2.21 bits per heavy atom. The Hall–Kier alpha value is -3.50. The smallest absolute Gasteiger partial charge is 0.115 e. The standard InChI is InChI=1S/C30H31N3O/c1-20(2)25-11-5-6-12-26(25)22-17-23(30(34)16-10-9-13-27(30)21(3)4)19-24(18-22)33-31-28-14-7-8-15-29(28)32-33/h5-21,27,34H,1-4H3. The summed E-state index contributed by atoms with van der Waals surface area (Å²) in [6, 6.07) is 22.7. The largest absolute Gasteiger partial charge is 0.380 e. The molecular weight excluding hydrogens is 418 g/mol. The topological polar surface area (TPSA) is 50.9 Å². The van der Waals surface area contributed by atoms with Crippen molar-refractivity contribution in [3.05, 3.63) is 102 Å². The number of fused-ring (bicyclic) bond motifs is 1. The zero-order valence-electron chi connectivity index (χ0n) is 20.2. The van der Waals surface area contributed by atoms with Gasteiger partial charge in [0, 0.05) is 5.92 Å². The van der Waals surface area contributed by atoms with Crippen LogP contribution in [-0.2, 0) is 5.60 Å². The fraction of sp³-hybridized carbons (Fsp3) is 0.267. The highest BCUT2D eigenvalue weighted by Crippen LogP contribution is 2.42. The van der Waals surface area contributed by atoms with Gasteiger partial charge in [0.1, 0.15) is 16.6 Å². The van der Waals surface area contributed by atoms with Crippen LogP contribution in [0.2, 0.25) is 0 Å². The molecule has 0 saturated carbocycles. The van der Waals surface area contributed by atoms with Gasteiger partial charge in [0.25, 0.3) is 0 Å². The van der Waals surface area contributed by atoms with Crippen molar-refractivity contribution in [1.29, 1.82) is 0 Å². The minimum atomic E-state index is -1.12. The van der Waals surface area contributed by atoms with Crippen LogP contribution < -0.4 is 0 Å². The zero-order chi connectivity index (χ0) is 23.9. The lowest BCUT2D eigenvalue weighted by molar-refractivity contribution is 0.0239. The number of nitrogens with zero attached hydrogens (tertiary/aromatic N) is 3. The third-order valence-corrected chi connectivity index (χ3v) is 6.80. The number of benzene rings is 3. The van der Waals surface area contributed by atoms with Crippen LogP contribution in [0.5, 0.6) is 0 Å². The lowest BCUT2D eigenvalue weighted by atomic mass is 9.72. The summed E-state index contributed by atoms with van der Waals surface area (Å²) < 4.78 is 0. The molecular formula is C30H31N3O. The minimum Gasteiger partial charge on any atom is -0.380 e. The van der Waals surface area contributed by atoms with Crippen molar-refractivity contribution in [2.24, 2.45) is 11.8 Å². The Morgan fingerprint density at radius 2 is 1.53 bits per heavy atom. The van der Waals surface area contributed by atoms with E-state index in [-0.39, 0.29) is 11.8 Å². The quantitative estimate of drug-likeness (QED) is 0.365. The Morgan fingerprint density at radius 1 is 0.853 bits per heavy atom. The van der Waals surface area contributed by atoms with Gasteiger partial charge in [-0.05, 0) is 70.5 Å². The van der Waals surface area contributed by atoms with Crippen molar-refractivity contribution in [3.63, 3.8) is 0 Å². The number of allylic oxidation sites excluding steroid dienone is 2. The van der Waals surface area contributed by atoms with Gasteiger partial charge in [-0.15, -0.1) is 10.2 Å². The molecule has 4 nitrogen and oxygen atoms in total. The van der Waals surface area contributed by atoms with E-state index in [1.54, 1.807) is 4.80 Å². The number of aliphatic hydroxyl groups is 1. The van der Waals surface area contributed by atoms with Crippen molar-refractivity contribution in [2.45, 2.75) is 39.2 Å². The van der Waals surface area contributed by atoms with Crippen LogP contribution in [0.4, 0.5) is 0 Å². The highest BCUT2D eigenvalue weighted by molar-refractivity contribution is 5.75. The molecule has 0 saturated heterocycles. The van der Waals surface area contributed by atoms with Crippen molar-refractivity contribution in [3.8, 4) is 16.8 Å². The molecule has 0 radical (unpaired) electrons. The molecule has 1 aliphatic rings. The molecule has 172 valence electrons. The van der Waals surface area contributed by atoms with Crippen molar-refractivity contribution in [1.82, 2.24) is 15.0 Å². The van der Waals surface area contributed by atoms with Gasteiger partial charge in [-0.2, -0.15) is 4.80 Å². The predicted molar refractivity (Wildman–Crippen MR) is 139 cm³/mol. The lowest BCUT2D eigenvalue weighted by Gasteiger charge is -2.37. The van der Waals surface area contributed by atoms with Gasteiger partial charge in [-0.25, -0.2) is 0 Å². The predicted octanol–water partition coefficient (Wildman–Crippen LogP) is 6.80. The van der Waals surface area contributed by atoms with Crippen LogP contribution in [0.25, 0.3) is 27.8 Å². The average Bonchev–Trinajstić information content (AvgIpc) is 3.28. The summed E-state index contributed by atoms with van der Waals surface area (Å²) in [4.78, 5) is 1.69. The van der Waals surface area contributed by atoms with Crippen LogP contribution in [0.3, 0.4) is 0 Å². The molecule has 4 aromatic rings. The summed E-state index contributed by atoms with van der Waals surface area (Å²) >= 11 is 0. The lowest BCUT2D eigenvalue weighted by Crippen LogP contribution is -2.36. The SMILES string of the molecule is CC(C)c1ccccc1-c1cc(-n2nc3ccccc3n2)cc(C2(O)C=CC=CC2C(C)C)c1. The summed E-state index contributed by atoms with van der Waals surface area (Å²) in [5.41, 5.74) is 5.74. The van der Waals surface area contributed by atoms with Crippen molar-refractivity contribution >= 4 is 11.0 Å². The fourth-order valence-corrected chi connectivity index (χ4v) is 5.01. The van der Waals surface area contributed by atoms with Crippen LogP contribution in [-0.4, -0.2) is 20.1 Å². The molecule has 34 heavy (non-hydrogen) atoms. The molecule has 0 bridgehead atoms. The Labute approximate surface area is 201 Å². The van der Waals surface area contributed by atoms with Gasteiger partial charge in [-0.1, -0.05) is 82.3 Å². The summed E-state index contributed by atoms with van der Waals surface area (Å²) in [6.07, 6.45) is 7.99. The molecule has 0 aliphatic heterocycles. The second-order valence-electron chi connectivity index (χ2n) is 9.83. The summed E-state index contributed by atoms with van der Waals surface area (Å²) in [5.74, 6) is 0.606. The van der Waals surface area contributed by atoms with Crippen LogP contribution in [0, 0.1) is 11.8 Å². The van der Waals surface area contributed by atoms with E-state index in [1.807, 2.05) is 48.6 Å². The van der Waals surface area contributed by atoms with Crippen molar-refractivity contribution < 1.29 is 5.11 Å². The second kappa shape index (κ2) is 8.69. The molecule has 3 aromatic carbocycles. The molecule has 0 fully saturated rings. The van der Waals surface area contributed by atoms with E-state index in [9.17, 15) is 5.11 Å². The van der Waals surface area contributed by atoms with E-state index in [0.717, 1.165) is 33.4 Å². The van der Waals surface area contributed by atoms with Crippen LogP contribution in [0.1, 0.15) is 44.7 Å². The summed E-state index contributed by atoms with van der Waals surface area (Å²) in [5, 5.41) is 21.5. The van der Waals surface area contributed by atoms with E-state index in [4.69, 9.17) is 10.2 Å². The minimum absolute atomic E-state index is 0.0365. The highest BCUT2D eigenvalue weighted by Gasteiger charge is 2.38. The molecule has 4 heteroatoms. The molecule has 1 aliphatic carbocycles. The maximum atomic E-state index is 12.0. The Balaban J connectivity index is 1.76. The first-order valence-electron chi connectivity index (χ1n) is 12.0.